The van der Waals surface area contributed by atoms with Crippen molar-refractivity contribution in [3.05, 3.63) is 61.3 Å². The summed E-state index contributed by atoms with van der Waals surface area (Å²) in [7, 11) is 0. The molecule has 2 aromatic rings. The Labute approximate surface area is 140 Å². The minimum absolute atomic E-state index is 0.0189. The maximum absolute atomic E-state index is 12.0. The molecule has 0 atom stereocenters. The molecule has 0 fully saturated rings. The summed E-state index contributed by atoms with van der Waals surface area (Å²) in [6.07, 6.45) is 0. The van der Waals surface area contributed by atoms with Gasteiger partial charge >= 0.3 is 0 Å². The molecule has 0 aliphatic heterocycles. The fourth-order valence-corrected chi connectivity index (χ4v) is 2.59. The number of nitro groups is 1. The summed E-state index contributed by atoms with van der Waals surface area (Å²) in [6, 6.07) is 7.10. The van der Waals surface area contributed by atoms with Gasteiger partial charge in [0.2, 0.25) is 0 Å². The highest BCUT2D eigenvalue weighted by Gasteiger charge is 2.15. The maximum Gasteiger partial charge on any atom is 0.270 e. The SMILES string of the molecule is O=C(NCCNC(=O)c1cc([N+](=O)[O-])ccc1Cl)c1cccs1. The fourth-order valence-electron chi connectivity index (χ4n) is 1.74. The van der Waals surface area contributed by atoms with Crippen molar-refractivity contribution in [3.63, 3.8) is 0 Å². The number of amides is 2. The van der Waals surface area contributed by atoms with Gasteiger partial charge in [0.05, 0.1) is 20.4 Å². The Hall–Kier alpha value is -2.45. The van der Waals surface area contributed by atoms with Crippen LogP contribution in [0, 0.1) is 10.1 Å². The van der Waals surface area contributed by atoms with E-state index in [2.05, 4.69) is 10.6 Å². The van der Waals surface area contributed by atoms with Crippen LogP contribution in [0.2, 0.25) is 5.02 Å². The number of carbonyl (C=O) groups is 2. The topological polar surface area (TPSA) is 101 Å². The molecule has 0 aliphatic rings. The summed E-state index contributed by atoms with van der Waals surface area (Å²) in [6.45, 7) is 0.407. The molecular formula is C14H12ClN3O4S. The van der Waals surface area contributed by atoms with Gasteiger partial charge in [-0.3, -0.25) is 19.7 Å². The summed E-state index contributed by atoms with van der Waals surface area (Å²) in [5, 5.41) is 17.8. The number of nitrogens with one attached hydrogen (secondary N) is 2. The van der Waals surface area contributed by atoms with E-state index in [9.17, 15) is 19.7 Å². The van der Waals surface area contributed by atoms with E-state index < -0.39 is 10.8 Å². The van der Waals surface area contributed by atoms with Crippen LogP contribution in [0.25, 0.3) is 0 Å². The monoisotopic (exact) mass is 353 g/mol. The number of non-ortho nitro benzene ring substituents is 1. The summed E-state index contributed by atoms with van der Waals surface area (Å²) < 4.78 is 0. The van der Waals surface area contributed by atoms with E-state index >= 15 is 0 Å². The molecule has 0 bridgehead atoms. The zero-order valence-corrected chi connectivity index (χ0v) is 13.3. The molecule has 2 N–H and O–H groups in total. The van der Waals surface area contributed by atoms with Gasteiger partial charge in [0.15, 0.2) is 0 Å². The van der Waals surface area contributed by atoms with Crippen LogP contribution in [0.3, 0.4) is 0 Å². The second kappa shape index (κ2) is 7.70. The summed E-state index contributed by atoms with van der Waals surface area (Å²) in [5.74, 6) is -0.758. The average Bonchev–Trinajstić information content (AvgIpc) is 3.05. The van der Waals surface area contributed by atoms with E-state index in [1.165, 1.54) is 23.5 Å². The number of halogens is 1. The lowest BCUT2D eigenvalue weighted by Crippen LogP contribution is -2.34. The van der Waals surface area contributed by atoms with E-state index in [0.29, 0.717) is 4.88 Å². The van der Waals surface area contributed by atoms with Gasteiger partial charge in [0.25, 0.3) is 17.5 Å². The normalized spacial score (nSPS) is 10.1. The molecule has 23 heavy (non-hydrogen) atoms. The fraction of sp³-hybridized carbons (Fsp3) is 0.143. The summed E-state index contributed by atoms with van der Waals surface area (Å²) >= 11 is 7.19. The van der Waals surface area contributed by atoms with E-state index in [1.54, 1.807) is 17.5 Å². The van der Waals surface area contributed by atoms with Gasteiger partial charge in [0.1, 0.15) is 0 Å². The molecule has 2 rings (SSSR count). The number of thiophene rings is 1. The van der Waals surface area contributed by atoms with Crippen LogP contribution in [0.15, 0.2) is 35.7 Å². The Bertz CT molecular complexity index is 734. The van der Waals surface area contributed by atoms with Crippen molar-refractivity contribution >= 4 is 40.4 Å². The molecular weight excluding hydrogens is 342 g/mol. The number of rotatable bonds is 6. The Kier molecular flexibility index (Phi) is 5.67. The lowest BCUT2D eigenvalue weighted by atomic mass is 10.2. The number of carbonyl (C=O) groups excluding carboxylic acids is 2. The largest absolute Gasteiger partial charge is 0.350 e. The number of hydrogen-bond acceptors (Lipinski definition) is 5. The molecule has 0 saturated heterocycles. The van der Waals surface area contributed by atoms with Crippen LogP contribution in [0.5, 0.6) is 0 Å². The molecule has 0 spiro atoms. The first-order valence-corrected chi connectivity index (χ1v) is 7.78. The van der Waals surface area contributed by atoms with E-state index in [-0.39, 0.29) is 35.3 Å². The zero-order valence-electron chi connectivity index (χ0n) is 11.7. The molecule has 0 unspecified atom stereocenters. The van der Waals surface area contributed by atoms with Crippen molar-refractivity contribution in [2.24, 2.45) is 0 Å². The van der Waals surface area contributed by atoms with Gasteiger partial charge in [-0.1, -0.05) is 17.7 Å². The lowest BCUT2D eigenvalue weighted by Gasteiger charge is -2.07. The minimum Gasteiger partial charge on any atom is -0.350 e. The molecule has 0 saturated carbocycles. The van der Waals surface area contributed by atoms with Crippen LogP contribution >= 0.6 is 22.9 Å². The molecule has 2 amide bonds. The second-order valence-corrected chi connectivity index (χ2v) is 5.77. The van der Waals surface area contributed by atoms with Crippen molar-refractivity contribution in [1.82, 2.24) is 10.6 Å². The first-order chi connectivity index (χ1) is 11.0. The first kappa shape index (κ1) is 16.9. The summed E-state index contributed by atoms with van der Waals surface area (Å²) in [5.41, 5.74) is -0.198. The van der Waals surface area contributed by atoms with Gasteiger partial charge in [-0.05, 0) is 17.5 Å². The third-order valence-electron chi connectivity index (χ3n) is 2.85. The predicted octanol–water partition coefficient (Wildman–Crippen LogP) is 2.47. The van der Waals surface area contributed by atoms with Gasteiger partial charge in [0, 0.05) is 25.2 Å². The molecule has 9 heteroatoms. The number of hydrogen-bond donors (Lipinski definition) is 2. The Morgan fingerprint density at radius 1 is 1.17 bits per heavy atom. The van der Waals surface area contributed by atoms with Crippen molar-refractivity contribution in [2.75, 3.05) is 13.1 Å². The third kappa shape index (κ3) is 4.51. The third-order valence-corrected chi connectivity index (χ3v) is 4.04. The lowest BCUT2D eigenvalue weighted by molar-refractivity contribution is -0.384. The van der Waals surface area contributed by atoms with Gasteiger partial charge < -0.3 is 10.6 Å². The molecule has 0 aliphatic carbocycles. The van der Waals surface area contributed by atoms with Crippen LogP contribution < -0.4 is 10.6 Å². The molecule has 120 valence electrons. The highest BCUT2D eigenvalue weighted by Crippen LogP contribution is 2.21. The quantitative estimate of drug-likeness (QED) is 0.473. The smallest absolute Gasteiger partial charge is 0.270 e. The average molecular weight is 354 g/mol. The van der Waals surface area contributed by atoms with Crippen LogP contribution in [-0.2, 0) is 0 Å². The van der Waals surface area contributed by atoms with Crippen molar-refractivity contribution in [3.8, 4) is 0 Å². The van der Waals surface area contributed by atoms with Gasteiger partial charge in [-0.25, -0.2) is 0 Å². The van der Waals surface area contributed by atoms with Crippen molar-refractivity contribution in [2.45, 2.75) is 0 Å². The van der Waals surface area contributed by atoms with E-state index in [0.717, 1.165) is 6.07 Å². The molecule has 0 radical (unpaired) electrons. The molecule has 1 aromatic heterocycles. The van der Waals surface area contributed by atoms with Crippen LogP contribution in [0.1, 0.15) is 20.0 Å². The standard InChI is InChI=1S/C14H12ClN3O4S/c15-11-4-3-9(18(21)22)8-10(11)13(19)16-5-6-17-14(20)12-2-1-7-23-12/h1-4,7-8H,5-6H2,(H,16,19)(H,17,20). The number of benzene rings is 1. The minimum atomic E-state index is -0.603. The molecule has 1 aromatic carbocycles. The van der Waals surface area contributed by atoms with Crippen molar-refractivity contribution < 1.29 is 14.5 Å². The van der Waals surface area contributed by atoms with Crippen LogP contribution in [0.4, 0.5) is 5.69 Å². The number of nitrogens with zero attached hydrogens (tertiary/aromatic N) is 1. The maximum atomic E-state index is 12.0. The number of nitro benzene ring substituents is 1. The molecule has 1 heterocycles. The molecule has 7 nitrogen and oxygen atoms in total. The predicted molar refractivity (Wildman–Crippen MR) is 87.1 cm³/mol. The Balaban J connectivity index is 1.86. The Morgan fingerprint density at radius 2 is 1.87 bits per heavy atom. The van der Waals surface area contributed by atoms with Gasteiger partial charge in [-0.2, -0.15) is 0 Å². The zero-order chi connectivity index (χ0) is 16.8. The summed E-state index contributed by atoms with van der Waals surface area (Å²) in [4.78, 5) is 34.4. The highest BCUT2D eigenvalue weighted by molar-refractivity contribution is 7.12. The van der Waals surface area contributed by atoms with E-state index in [4.69, 9.17) is 11.6 Å². The first-order valence-electron chi connectivity index (χ1n) is 6.53. The van der Waals surface area contributed by atoms with Gasteiger partial charge in [-0.15, -0.1) is 11.3 Å². The second-order valence-electron chi connectivity index (χ2n) is 4.41. The highest BCUT2D eigenvalue weighted by atomic mass is 35.5. The van der Waals surface area contributed by atoms with Crippen LogP contribution in [-0.4, -0.2) is 29.8 Å². The van der Waals surface area contributed by atoms with E-state index in [1.807, 2.05) is 0 Å². The Morgan fingerprint density at radius 3 is 2.48 bits per heavy atom. The van der Waals surface area contributed by atoms with Crippen molar-refractivity contribution in [1.29, 1.82) is 0 Å².